The summed E-state index contributed by atoms with van der Waals surface area (Å²) in [5, 5.41) is 0.0416. The highest BCUT2D eigenvalue weighted by Gasteiger charge is 2.36. The van der Waals surface area contributed by atoms with Crippen molar-refractivity contribution in [3.63, 3.8) is 0 Å². The van der Waals surface area contributed by atoms with Gasteiger partial charge in [0.2, 0.25) is 6.79 Å². The Bertz CT molecular complexity index is 1040. The fraction of sp³-hybridized carbons (Fsp3) is 0.143. The van der Waals surface area contributed by atoms with Crippen molar-refractivity contribution in [2.24, 2.45) is 0 Å². The van der Waals surface area contributed by atoms with E-state index < -0.39 is 0 Å². The number of benzene rings is 2. The van der Waals surface area contributed by atoms with Gasteiger partial charge in [-0.25, -0.2) is 0 Å². The number of thioether (sulfide) groups is 1. The largest absolute Gasteiger partial charge is 0.489 e. The molecule has 0 saturated carbocycles. The van der Waals surface area contributed by atoms with Crippen molar-refractivity contribution in [2.75, 3.05) is 13.4 Å². The smallest absolute Gasteiger partial charge is 0.293 e. The Balaban J connectivity index is 1.57. The molecule has 0 aromatic heterocycles. The van der Waals surface area contributed by atoms with Crippen molar-refractivity contribution in [1.82, 2.24) is 4.90 Å². The molecule has 2 aromatic carbocycles. The van der Waals surface area contributed by atoms with Crippen LogP contribution in [0.4, 0.5) is 4.79 Å². The minimum Gasteiger partial charge on any atom is -0.489 e. The average Bonchev–Trinajstić information content (AvgIpc) is 3.26. The number of carbonyl (C=O) groups excluding carboxylic acids is 2. The van der Waals surface area contributed by atoms with Gasteiger partial charge in [0.1, 0.15) is 12.4 Å². The van der Waals surface area contributed by atoms with Crippen LogP contribution in [0.5, 0.6) is 17.2 Å². The predicted octanol–water partition coefficient (Wildman–Crippen LogP) is 4.87. The van der Waals surface area contributed by atoms with Gasteiger partial charge >= 0.3 is 0 Å². The van der Waals surface area contributed by atoms with Crippen LogP contribution in [-0.2, 0) is 11.3 Å². The van der Waals surface area contributed by atoms with Gasteiger partial charge in [0, 0.05) is 16.7 Å². The van der Waals surface area contributed by atoms with Crippen molar-refractivity contribution in [1.29, 1.82) is 0 Å². The maximum Gasteiger partial charge on any atom is 0.293 e. The van der Waals surface area contributed by atoms with Crippen molar-refractivity contribution in [2.45, 2.75) is 6.54 Å². The lowest BCUT2D eigenvalue weighted by Crippen LogP contribution is -2.27. The van der Waals surface area contributed by atoms with Crippen LogP contribution >= 0.6 is 23.4 Å². The fourth-order valence-corrected chi connectivity index (χ4v) is 3.95. The van der Waals surface area contributed by atoms with Crippen LogP contribution in [0.25, 0.3) is 6.08 Å². The maximum absolute atomic E-state index is 12.9. The molecule has 0 N–H and O–H groups in total. The number of para-hydroxylation sites is 1. The quantitative estimate of drug-likeness (QED) is 0.482. The predicted molar refractivity (Wildman–Crippen MR) is 111 cm³/mol. The van der Waals surface area contributed by atoms with Crippen molar-refractivity contribution in [3.05, 3.63) is 70.1 Å². The molecule has 6 nitrogen and oxygen atoms in total. The number of rotatable bonds is 6. The first-order chi connectivity index (χ1) is 14.1. The highest BCUT2D eigenvalue weighted by molar-refractivity contribution is 8.18. The van der Waals surface area contributed by atoms with E-state index in [-0.39, 0.29) is 24.5 Å². The molecule has 0 atom stereocenters. The van der Waals surface area contributed by atoms with Crippen molar-refractivity contribution >= 4 is 40.6 Å². The minimum absolute atomic E-state index is 0.0477. The summed E-state index contributed by atoms with van der Waals surface area (Å²) < 4.78 is 16.2. The first-order valence-corrected chi connectivity index (χ1v) is 9.92. The lowest BCUT2D eigenvalue weighted by molar-refractivity contribution is -0.123. The van der Waals surface area contributed by atoms with E-state index in [1.54, 1.807) is 30.4 Å². The van der Waals surface area contributed by atoms with Crippen LogP contribution < -0.4 is 14.2 Å². The summed E-state index contributed by atoms with van der Waals surface area (Å²) in [6, 6.07) is 10.6. The van der Waals surface area contributed by atoms with Crippen LogP contribution in [-0.4, -0.2) is 29.4 Å². The summed E-state index contributed by atoms with van der Waals surface area (Å²) in [5.74, 6) is 1.31. The molecule has 2 aliphatic rings. The molecule has 2 heterocycles. The number of imide groups is 1. The van der Waals surface area contributed by atoms with E-state index in [9.17, 15) is 9.59 Å². The summed E-state index contributed by atoms with van der Waals surface area (Å²) in [4.78, 5) is 26.8. The Labute approximate surface area is 176 Å². The van der Waals surface area contributed by atoms with Crippen LogP contribution in [0.1, 0.15) is 11.1 Å². The summed E-state index contributed by atoms with van der Waals surface area (Å²) in [6.45, 7) is 4.14. The minimum atomic E-state index is -0.382. The monoisotopic (exact) mass is 429 g/mol. The Morgan fingerprint density at radius 3 is 2.76 bits per heavy atom. The molecule has 0 spiro atoms. The zero-order valence-electron chi connectivity index (χ0n) is 15.2. The molecular formula is C21H16ClNO5S. The van der Waals surface area contributed by atoms with Gasteiger partial charge in [-0.3, -0.25) is 14.5 Å². The number of ether oxygens (including phenoxy) is 3. The van der Waals surface area contributed by atoms with Crippen LogP contribution in [0.15, 0.2) is 54.0 Å². The standard InChI is InChI=1S/C21H16ClNO5S/c1-2-7-26-16-6-4-3-5-13(16)9-19-20(24)23(21(25)29-19)11-14-8-17-18(10-15(14)22)28-12-27-17/h2-6,8-10H,1,7,11-12H2/b19-9-. The third-order valence-electron chi connectivity index (χ3n) is 4.31. The van der Waals surface area contributed by atoms with E-state index in [1.165, 1.54) is 0 Å². The van der Waals surface area contributed by atoms with E-state index >= 15 is 0 Å². The summed E-state index contributed by atoms with van der Waals surface area (Å²) in [5.41, 5.74) is 1.31. The topological polar surface area (TPSA) is 65.1 Å². The van der Waals surface area contributed by atoms with Gasteiger partial charge in [-0.15, -0.1) is 0 Å². The number of carbonyl (C=O) groups is 2. The second-order valence-corrected chi connectivity index (χ2v) is 7.60. The van der Waals surface area contributed by atoms with Gasteiger partial charge < -0.3 is 14.2 Å². The number of hydrogen-bond donors (Lipinski definition) is 0. The highest BCUT2D eigenvalue weighted by atomic mass is 35.5. The van der Waals surface area contributed by atoms with Gasteiger partial charge in [-0.2, -0.15) is 0 Å². The molecule has 1 fully saturated rings. The van der Waals surface area contributed by atoms with Crippen molar-refractivity contribution in [3.8, 4) is 17.2 Å². The first kappa shape index (κ1) is 19.4. The molecule has 0 bridgehead atoms. The molecule has 0 unspecified atom stereocenters. The number of nitrogens with zero attached hydrogens (tertiary/aromatic N) is 1. The van der Waals surface area contributed by atoms with Crippen LogP contribution in [0.3, 0.4) is 0 Å². The van der Waals surface area contributed by atoms with Gasteiger partial charge in [0.25, 0.3) is 11.1 Å². The third-order valence-corrected chi connectivity index (χ3v) is 5.57. The van der Waals surface area contributed by atoms with Crippen LogP contribution in [0, 0.1) is 0 Å². The number of hydrogen-bond acceptors (Lipinski definition) is 6. The molecular weight excluding hydrogens is 414 g/mol. The third kappa shape index (κ3) is 3.97. The zero-order valence-corrected chi connectivity index (χ0v) is 16.8. The molecule has 8 heteroatoms. The van der Waals surface area contributed by atoms with Gasteiger partial charge in [0.15, 0.2) is 11.5 Å². The van der Waals surface area contributed by atoms with Gasteiger partial charge in [-0.05, 0) is 35.5 Å². The molecule has 0 radical (unpaired) electrons. The van der Waals surface area contributed by atoms with Crippen molar-refractivity contribution < 1.29 is 23.8 Å². The number of amides is 2. The normalized spacial score (nSPS) is 16.6. The molecule has 2 aromatic rings. The second kappa shape index (κ2) is 8.23. The van der Waals surface area contributed by atoms with E-state index in [0.29, 0.717) is 44.9 Å². The molecule has 1 saturated heterocycles. The van der Waals surface area contributed by atoms with Gasteiger partial charge in [-0.1, -0.05) is 42.5 Å². The first-order valence-electron chi connectivity index (χ1n) is 8.73. The SMILES string of the molecule is C=CCOc1ccccc1/C=C1\SC(=O)N(Cc2cc3c(cc2Cl)OCO3)C1=O. The van der Waals surface area contributed by atoms with E-state index in [1.807, 2.05) is 18.2 Å². The lowest BCUT2D eigenvalue weighted by atomic mass is 10.1. The molecule has 0 aliphatic carbocycles. The fourth-order valence-electron chi connectivity index (χ4n) is 2.91. The molecule has 148 valence electrons. The average molecular weight is 430 g/mol. The molecule has 29 heavy (non-hydrogen) atoms. The van der Waals surface area contributed by atoms with Crippen LogP contribution in [0.2, 0.25) is 5.02 Å². The second-order valence-electron chi connectivity index (χ2n) is 6.20. The highest BCUT2D eigenvalue weighted by Crippen LogP contribution is 2.39. The lowest BCUT2D eigenvalue weighted by Gasteiger charge is -2.14. The molecule has 2 aliphatic heterocycles. The molecule has 4 rings (SSSR count). The molecule has 2 amide bonds. The number of halogens is 1. The maximum atomic E-state index is 12.9. The zero-order chi connectivity index (χ0) is 20.4. The van der Waals surface area contributed by atoms with Gasteiger partial charge in [0.05, 0.1) is 11.4 Å². The Morgan fingerprint density at radius 2 is 1.97 bits per heavy atom. The Kier molecular flexibility index (Phi) is 5.51. The summed E-state index contributed by atoms with van der Waals surface area (Å²) in [6.07, 6.45) is 3.30. The summed E-state index contributed by atoms with van der Waals surface area (Å²) in [7, 11) is 0. The Hall–Kier alpha value is -2.90. The Morgan fingerprint density at radius 1 is 1.21 bits per heavy atom. The number of fused-ring (bicyclic) bond motifs is 1. The van der Waals surface area contributed by atoms with E-state index in [0.717, 1.165) is 16.7 Å². The summed E-state index contributed by atoms with van der Waals surface area (Å²) >= 11 is 7.17. The van der Waals surface area contributed by atoms with E-state index in [4.69, 9.17) is 25.8 Å². The van der Waals surface area contributed by atoms with E-state index in [2.05, 4.69) is 6.58 Å².